The van der Waals surface area contributed by atoms with Crippen LogP contribution in [0.4, 0.5) is 13.2 Å². The molecule has 2 atom stereocenters. The molecule has 1 fully saturated rings. The highest BCUT2D eigenvalue weighted by molar-refractivity contribution is 4.86. The van der Waals surface area contributed by atoms with Gasteiger partial charge in [0.25, 0.3) is 0 Å². The summed E-state index contributed by atoms with van der Waals surface area (Å²) in [7, 11) is 0. The van der Waals surface area contributed by atoms with E-state index in [0.29, 0.717) is 19.4 Å². The first kappa shape index (κ1) is 11.7. The van der Waals surface area contributed by atoms with Gasteiger partial charge in [0, 0.05) is 19.7 Å². The van der Waals surface area contributed by atoms with Crippen molar-refractivity contribution in [1.29, 1.82) is 0 Å². The number of halogens is 3. The summed E-state index contributed by atoms with van der Waals surface area (Å²) in [5.74, 6) is 0. The van der Waals surface area contributed by atoms with Crippen molar-refractivity contribution >= 4 is 0 Å². The zero-order chi connectivity index (χ0) is 10.6. The summed E-state index contributed by atoms with van der Waals surface area (Å²) in [5, 5.41) is 2.38. The van der Waals surface area contributed by atoms with E-state index in [1.165, 1.54) is 0 Å². The molecule has 0 aromatic carbocycles. The van der Waals surface area contributed by atoms with Crippen molar-refractivity contribution in [2.75, 3.05) is 19.7 Å². The third-order valence-corrected chi connectivity index (χ3v) is 2.20. The molecule has 84 valence electrons. The van der Waals surface area contributed by atoms with Crippen molar-refractivity contribution in [3.8, 4) is 0 Å². The molecule has 3 N–H and O–H groups in total. The third kappa shape index (κ3) is 3.11. The van der Waals surface area contributed by atoms with Crippen LogP contribution in [0.1, 0.15) is 12.8 Å². The Labute approximate surface area is 80.8 Å². The van der Waals surface area contributed by atoms with Gasteiger partial charge in [-0.3, -0.25) is 0 Å². The summed E-state index contributed by atoms with van der Waals surface area (Å²) in [6.45, 7) is 0.769. The Bertz CT molecular complexity index is 168. The van der Waals surface area contributed by atoms with Crippen molar-refractivity contribution in [3.05, 3.63) is 0 Å². The highest BCUT2D eigenvalue weighted by Gasteiger charge is 2.45. The van der Waals surface area contributed by atoms with Crippen LogP contribution in [0, 0.1) is 0 Å². The number of hydrogen-bond donors (Lipinski definition) is 2. The van der Waals surface area contributed by atoms with Crippen LogP contribution in [0.2, 0.25) is 0 Å². The van der Waals surface area contributed by atoms with Gasteiger partial charge in [-0.1, -0.05) is 0 Å². The first-order chi connectivity index (χ1) is 6.55. The molecular formula is C8H15F3N2O. The van der Waals surface area contributed by atoms with Crippen LogP contribution in [0.5, 0.6) is 0 Å². The Morgan fingerprint density at radius 3 is 2.64 bits per heavy atom. The second-order valence-electron chi connectivity index (χ2n) is 3.31. The van der Waals surface area contributed by atoms with Gasteiger partial charge in [0.1, 0.15) is 6.04 Å². The van der Waals surface area contributed by atoms with Gasteiger partial charge in [0.2, 0.25) is 0 Å². The monoisotopic (exact) mass is 212 g/mol. The summed E-state index contributed by atoms with van der Waals surface area (Å²) in [6.07, 6.45) is -3.85. The predicted octanol–water partition coefficient (Wildman–Crippen LogP) is 0.645. The van der Waals surface area contributed by atoms with E-state index in [4.69, 9.17) is 10.5 Å². The highest BCUT2D eigenvalue weighted by Crippen LogP contribution is 2.28. The minimum atomic E-state index is -4.26. The molecule has 3 nitrogen and oxygen atoms in total. The SMILES string of the molecule is NCCN[C@@H]([C@@H]1CCCO1)C(F)(F)F. The number of alkyl halides is 3. The van der Waals surface area contributed by atoms with Crippen LogP contribution in [0.15, 0.2) is 0 Å². The number of nitrogens with two attached hydrogens (primary N) is 1. The van der Waals surface area contributed by atoms with Gasteiger partial charge >= 0.3 is 6.18 Å². The van der Waals surface area contributed by atoms with Crippen LogP contribution in [0.3, 0.4) is 0 Å². The van der Waals surface area contributed by atoms with Crippen molar-refractivity contribution in [2.45, 2.75) is 31.2 Å². The van der Waals surface area contributed by atoms with Crippen LogP contribution >= 0.6 is 0 Å². The molecular weight excluding hydrogens is 197 g/mol. The van der Waals surface area contributed by atoms with E-state index in [1.54, 1.807) is 0 Å². The second-order valence-corrected chi connectivity index (χ2v) is 3.31. The molecule has 6 heteroatoms. The third-order valence-electron chi connectivity index (χ3n) is 2.20. The fourth-order valence-corrected chi connectivity index (χ4v) is 1.56. The average Bonchev–Trinajstić information content (AvgIpc) is 2.55. The molecule has 0 aliphatic carbocycles. The normalized spacial score (nSPS) is 25.3. The van der Waals surface area contributed by atoms with E-state index in [-0.39, 0.29) is 13.1 Å². The van der Waals surface area contributed by atoms with Gasteiger partial charge in [0.15, 0.2) is 0 Å². The molecule has 1 heterocycles. The Kier molecular flexibility index (Phi) is 4.15. The second kappa shape index (κ2) is 4.95. The molecule has 14 heavy (non-hydrogen) atoms. The fraction of sp³-hybridized carbons (Fsp3) is 1.00. The summed E-state index contributed by atoms with van der Waals surface area (Å²) < 4.78 is 42.6. The lowest BCUT2D eigenvalue weighted by molar-refractivity contribution is -0.179. The molecule has 1 aliphatic rings. The molecule has 0 aromatic heterocycles. The largest absolute Gasteiger partial charge is 0.406 e. The van der Waals surface area contributed by atoms with E-state index in [1.807, 2.05) is 0 Å². The Morgan fingerprint density at radius 1 is 1.50 bits per heavy atom. The van der Waals surface area contributed by atoms with Gasteiger partial charge in [-0.15, -0.1) is 0 Å². The van der Waals surface area contributed by atoms with E-state index < -0.39 is 18.3 Å². The molecule has 1 rings (SSSR count). The number of rotatable bonds is 4. The van der Waals surface area contributed by atoms with Crippen molar-refractivity contribution in [3.63, 3.8) is 0 Å². The maximum absolute atomic E-state index is 12.5. The first-order valence-electron chi connectivity index (χ1n) is 4.67. The minimum Gasteiger partial charge on any atom is -0.376 e. The zero-order valence-corrected chi connectivity index (χ0v) is 7.81. The first-order valence-corrected chi connectivity index (χ1v) is 4.67. The fourth-order valence-electron chi connectivity index (χ4n) is 1.56. The minimum absolute atomic E-state index is 0.157. The quantitative estimate of drug-likeness (QED) is 0.719. The van der Waals surface area contributed by atoms with Crippen LogP contribution in [-0.2, 0) is 4.74 Å². The lowest BCUT2D eigenvalue weighted by Gasteiger charge is -2.26. The summed E-state index contributed by atoms with van der Waals surface area (Å²) in [5.41, 5.74) is 5.15. The van der Waals surface area contributed by atoms with Crippen molar-refractivity contribution in [2.24, 2.45) is 5.73 Å². The standard InChI is InChI=1S/C8H15F3N2O/c9-8(10,11)7(13-4-3-12)6-2-1-5-14-6/h6-7,13H,1-5,12H2/t6-,7-/m0/s1. The van der Waals surface area contributed by atoms with Gasteiger partial charge in [-0.05, 0) is 12.8 Å². The number of nitrogens with one attached hydrogen (secondary N) is 1. The smallest absolute Gasteiger partial charge is 0.376 e. The molecule has 0 amide bonds. The molecule has 0 unspecified atom stereocenters. The van der Waals surface area contributed by atoms with E-state index in [9.17, 15) is 13.2 Å². The van der Waals surface area contributed by atoms with Gasteiger partial charge < -0.3 is 15.8 Å². The Balaban J connectivity index is 2.51. The summed E-state index contributed by atoms with van der Waals surface area (Å²) >= 11 is 0. The molecule has 1 saturated heterocycles. The molecule has 0 spiro atoms. The van der Waals surface area contributed by atoms with Crippen LogP contribution < -0.4 is 11.1 Å². The lowest BCUT2D eigenvalue weighted by atomic mass is 10.1. The Morgan fingerprint density at radius 2 is 2.21 bits per heavy atom. The van der Waals surface area contributed by atoms with Crippen LogP contribution in [0.25, 0.3) is 0 Å². The topological polar surface area (TPSA) is 47.3 Å². The molecule has 0 bridgehead atoms. The van der Waals surface area contributed by atoms with Crippen LogP contribution in [-0.4, -0.2) is 38.0 Å². The zero-order valence-electron chi connectivity index (χ0n) is 7.81. The number of ether oxygens (including phenoxy) is 1. The van der Waals surface area contributed by atoms with E-state index >= 15 is 0 Å². The summed E-state index contributed by atoms with van der Waals surface area (Å²) in [6, 6.07) is -1.58. The Hall–Kier alpha value is -0.330. The van der Waals surface area contributed by atoms with E-state index in [0.717, 1.165) is 0 Å². The van der Waals surface area contributed by atoms with E-state index in [2.05, 4.69) is 5.32 Å². The van der Waals surface area contributed by atoms with Gasteiger partial charge in [-0.25, -0.2) is 0 Å². The average molecular weight is 212 g/mol. The highest BCUT2D eigenvalue weighted by atomic mass is 19.4. The lowest BCUT2D eigenvalue weighted by Crippen LogP contribution is -2.51. The molecule has 0 saturated carbocycles. The van der Waals surface area contributed by atoms with Gasteiger partial charge in [0.05, 0.1) is 6.10 Å². The maximum Gasteiger partial charge on any atom is 0.406 e. The molecule has 0 radical (unpaired) electrons. The maximum atomic E-state index is 12.5. The van der Waals surface area contributed by atoms with Gasteiger partial charge in [-0.2, -0.15) is 13.2 Å². The summed E-state index contributed by atoms with van der Waals surface area (Å²) in [4.78, 5) is 0. The molecule has 1 aliphatic heterocycles. The molecule has 0 aromatic rings. The van der Waals surface area contributed by atoms with Crippen molar-refractivity contribution < 1.29 is 17.9 Å². The number of hydrogen-bond acceptors (Lipinski definition) is 3. The predicted molar refractivity (Wildman–Crippen MR) is 45.9 cm³/mol. The van der Waals surface area contributed by atoms with Crippen molar-refractivity contribution in [1.82, 2.24) is 5.32 Å².